The van der Waals surface area contributed by atoms with E-state index in [1.807, 2.05) is 26.2 Å². The fraction of sp³-hybridized carbons (Fsp3) is 0.650. The number of hydrogen-bond acceptors (Lipinski definition) is 4. The van der Waals surface area contributed by atoms with Gasteiger partial charge in [0.1, 0.15) is 11.9 Å². The largest absolute Gasteiger partial charge is 0.375 e. The van der Waals surface area contributed by atoms with E-state index in [0.29, 0.717) is 13.2 Å². The Hall–Kier alpha value is -0.970. The summed E-state index contributed by atoms with van der Waals surface area (Å²) in [6.07, 6.45) is 2.47. The van der Waals surface area contributed by atoms with E-state index in [1.165, 1.54) is 12.1 Å². The van der Waals surface area contributed by atoms with E-state index in [4.69, 9.17) is 9.47 Å². The number of nitrogens with zero attached hydrogens (tertiary/aromatic N) is 3. The van der Waals surface area contributed by atoms with Crippen molar-refractivity contribution < 1.29 is 13.9 Å². The Morgan fingerprint density at radius 2 is 1.96 bits per heavy atom. The molecule has 3 rings (SSSR count). The third-order valence-electron chi connectivity index (χ3n) is 5.32. The molecule has 0 amide bonds. The lowest BCUT2D eigenvalue weighted by Gasteiger charge is -2.37. The molecule has 0 radical (unpaired) electrons. The molecule has 2 saturated heterocycles. The zero-order chi connectivity index (χ0) is 19.2. The molecule has 2 fully saturated rings. The van der Waals surface area contributed by atoms with Crippen molar-refractivity contribution in [3.8, 4) is 0 Å². The lowest BCUT2D eigenvalue weighted by molar-refractivity contribution is -0.0817. The minimum absolute atomic E-state index is 0. The molecule has 28 heavy (non-hydrogen) atoms. The molecule has 2 heterocycles. The van der Waals surface area contributed by atoms with Crippen LogP contribution in [0.1, 0.15) is 24.4 Å². The van der Waals surface area contributed by atoms with Crippen LogP contribution < -0.4 is 5.32 Å². The SMILES string of the molecule is CN=C(NCC(c1ccc(F)cc1)N(C)C)N1CCOC(C2CCCO2)C1.I. The molecule has 0 bridgehead atoms. The molecule has 6 nitrogen and oxygen atoms in total. The Balaban J connectivity index is 0.00000280. The average molecular weight is 506 g/mol. The molecule has 0 saturated carbocycles. The number of rotatable bonds is 5. The second-order valence-corrected chi connectivity index (χ2v) is 7.37. The summed E-state index contributed by atoms with van der Waals surface area (Å²) < 4.78 is 25.0. The topological polar surface area (TPSA) is 49.3 Å². The minimum atomic E-state index is -0.214. The summed E-state index contributed by atoms with van der Waals surface area (Å²) >= 11 is 0. The van der Waals surface area contributed by atoms with Crippen molar-refractivity contribution in [2.75, 3.05) is 54.0 Å². The lowest BCUT2D eigenvalue weighted by Crippen LogP contribution is -2.54. The van der Waals surface area contributed by atoms with Gasteiger partial charge in [0.2, 0.25) is 0 Å². The van der Waals surface area contributed by atoms with Crippen LogP contribution in [0.25, 0.3) is 0 Å². The number of aliphatic imine (C=N–C) groups is 1. The molecule has 3 unspecified atom stereocenters. The van der Waals surface area contributed by atoms with Crippen molar-refractivity contribution in [3.05, 3.63) is 35.6 Å². The smallest absolute Gasteiger partial charge is 0.193 e. The average Bonchev–Trinajstić information content (AvgIpc) is 3.21. The quantitative estimate of drug-likeness (QED) is 0.378. The highest BCUT2D eigenvalue weighted by atomic mass is 127. The number of morpholine rings is 1. The first-order valence-corrected chi connectivity index (χ1v) is 9.69. The molecule has 1 N–H and O–H groups in total. The van der Waals surface area contributed by atoms with Gasteiger partial charge < -0.3 is 24.6 Å². The predicted molar refractivity (Wildman–Crippen MR) is 120 cm³/mol. The third-order valence-corrected chi connectivity index (χ3v) is 5.32. The van der Waals surface area contributed by atoms with Crippen LogP contribution in [-0.2, 0) is 9.47 Å². The molecular weight excluding hydrogens is 474 g/mol. The van der Waals surface area contributed by atoms with E-state index < -0.39 is 0 Å². The number of guanidine groups is 1. The summed E-state index contributed by atoms with van der Waals surface area (Å²) in [6, 6.07) is 6.82. The first-order valence-electron chi connectivity index (χ1n) is 9.69. The number of hydrogen-bond donors (Lipinski definition) is 1. The molecule has 0 aromatic heterocycles. The minimum Gasteiger partial charge on any atom is -0.375 e. The highest BCUT2D eigenvalue weighted by Crippen LogP contribution is 2.21. The zero-order valence-corrected chi connectivity index (χ0v) is 19.3. The highest BCUT2D eigenvalue weighted by molar-refractivity contribution is 14.0. The van der Waals surface area contributed by atoms with Gasteiger partial charge >= 0.3 is 0 Å². The Morgan fingerprint density at radius 1 is 1.25 bits per heavy atom. The summed E-state index contributed by atoms with van der Waals surface area (Å²) in [5.74, 6) is 0.656. The van der Waals surface area contributed by atoms with Gasteiger partial charge in [-0.2, -0.15) is 0 Å². The molecule has 0 aliphatic carbocycles. The van der Waals surface area contributed by atoms with Gasteiger partial charge in [-0.25, -0.2) is 4.39 Å². The molecule has 2 aliphatic rings. The maximum absolute atomic E-state index is 13.3. The summed E-state index contributed by atoms with van der Waals surface area (Å²) in [7, 11) is 5.86. The third kappa shape index (κ3) is 6.01. The number of likely N-dealkylation sites (N-methyl/N-ethyl adjacent to an activating group) is 1. The van der Waals surface area contributed by atoms with E-state index in [0.717, 1.165) is 44.1 Å². The van der Waals surface area contributed by atoms with Crippen molar-refractivity contribution in [2.45, 2.75) is 31.1 Å². The van der Waals surface area contributed by atoms with E-state index >= 15 is 0 Å². The maximum Gasteiger partial charge on any atom is 0.193 e. The standard InChI is InChI=1S/C20H31FN4O2.HI/c1-22-20(25-10-12-27-19(14-25)18-5-4-11-26-18)23-13-17(24(2)3)15-6-8-16(21)9-7-15;/h6-9,17-19H,4-5,10-14H2,1-3H3,(H,22,23);1H. The number of halogens is 2. The van der Waals surface area contributed by atoms with Crippen LogP contribution in [0.4, 0.5) is 4.39 Å². The van der Waals surface area contributed by atoms with Crippen LogP contribution in [0.5, 0.6) is 0 Å². The second-order valence-electron chi connectivity index (χ2n) is 7.37. The number of nitrogens with one attached hydrogen (secondary N) is 1. The predicted octanol–water partition coefficient (Wildman–Crippen LogP) is 2.50. The van der Waals surface area contributed by atoms with Gasteiger partial charge in [-0.05, 0) is 44.6 Å². The Kier molecular flexibility index (Phi) is 9.39. The highest BCUT2D eigenvalue weighted by Gasteiger charge is 2.32. The van der Waals surface area contributed by atoms with Gasteiger partial charge in [-0.3, -0.25) is 4.99 Å². The summed E-state index contributed by atoms with van der Waals surface area (Å²) in [6.45, 7) is 3.80. The van der Waals surface area contributed by atoms with Crippen molar-refractivity contribution in [2.24, 2.45) is 4.99 Å². The van der Waals surface area contributed by atoms with Gasteiger partial charge in [0.15, 0.2) is 5.96 Å². The summed E-state index contributed by atoms with van der Waals surface area (Å²) in [5.41, 5.74) is 1.07. The first kappa shape index (κ1) is 23.3. The van der Waals surface area contributed by atoms with Gasteiger partial charge in [0.25, 0.3) is 0 Å². The van der Waals surface area contributed by atoms with Gasteiger partial charge in [0, 0.05) is 33.3 Å². The van der Waals surface area contributed by atoms with Crippen molar-refractivity contribution in [3.63, 3.8) is 0 Å². The van der Waals surface area contributed by atoms with Crippen LogP contribution >= 0.6 is 24.0 Å². The van der Waals surface area contributed by atoms with Gasteiger partial charge in [0.05, 0.1) is 18.8 Å². The molecule has 1 aromatic rings. The normalized spacial score (nSPS) is 24.2. The van der Waals surface area contributed by atoms with E-state index in [1.54, 1.807) is 7.05 Å². The van der Waals surface area contributed by atoms with E-state index in [-0.39, 0.29) is 48.0 Å². The monoisotopic (exact) mass is 506 g/mol. The Morgan fingerprint density at radius 3 is 2.57 bits per heavy atom. The van der Waals surface area contributed by atoms with Crippen molar-refractivity contribution in [1.82, 2.24) is 15.1 Å². The van der Waals surface area contributed by atoms with Crippen molar-refractivity contribution >= 4 is 29.9 Å². The lowest BCUT2D eigenvalue weighted by atomic mass is 10.1. The molecule has 158 valence electrons. The summed E-state index contributed by atoms with van der Waals surface area (Å²) in [4.78, 5) is 8.84. The molecule has 1 aromatic carbocycles. The fourth-order valence-electron chi connectivity index (χ4n) is 3.79. The van der Waals surface area contributed by atoms with Crippen LogP contribution in [-0.4, -0.2) is 82.0 Å². The summed E-state index contributed by atoms with van der Waals surface area (Å²) in [5, 5.41) is 3.49. The maximum atomic E-state index is 13.3. The van der Waals surface area contributed by atoms with Crippen molar-refractivity contribution in [1.29, 1.82) is 0 Å². The molecule has 0 spiro atoms. The second kappa shape index (κ2) is 11.3. The Labute approximate surface area is 184 Å². The van der Waals surface area contributed by atoms with Crippen LogP contribution in [0.2, 0.25) is 0 Å². The van der Waals surface area contributed by atoms with Crippen LogP contribution in [0.3, 0.4) is 0 Å². The molecule has 3 atom stereocenters. The molecule has 2 aliphatic heterocycles. The zero-order valence-electron chi connectivity index (χ0n) is 16.9. The molecular formula is C20H32FIN4O2. The van der Waals surface area contributed by atoms with E-state index in [2.05, 4.69) is 20.1 Å². The number of ether oxygens (including phenoxy) is 2. The van der Waals surface area contributed by atoms with Crippen LogP contribution in [0.15, 0.2) is 29.3 Å². The number of benzene rings is 1. The van der Waals surface area contributed by atoms with Crippen LogP contribution in [0, 0.1) is 5.82 Å². The van der Waals surface area contributed by atoms with Gasteiger partial charge in [-0.15, -0.1) is 24.0 Å². The van der Waals surface area contributed by atoms with Gasteiger partial charge in [-0.1, -0.05) is 12.1 Å². The first-order chi connectivity index (χ1) is 13.1. The molecule has 8 heteroatoms. The fourth-order valence-corrected chi connectivity index (χ4v) is 3.79. The van der Waals surface area contributed by atoms with E-state index in [9.17, 15) is 4.39 Å². The Bertz CT molecular complexity index is 623.